The molecule has 1 aromatic carbocycles. The summed E-state index contributed by atoms with van der Waals surface area (Å²) in [6.45, 7) is 7.24. The van der Waals surface area contributed by atoms with Gasteiger partial charge in [0.05, 0.1) is 6.61 Å². The Morgan fingerprint density at radius 2 is 1.79 bits per heavy atom. The minimum absolute atomic E-state index is 0.0200. The molecule has 0 radical (unpaired) electrons. The zero-order valence-corrected chi connectivity index (χ0v) is 20.3. The van der Waals surface area contributed by atoms with E-state index >= 15 is 0 Å². The Morgan fingerprint density at radius 3 is 2.41 bits per heavy atom. The van der Waals surface area contributed by atoms with E-state index in [4.69, 9.17) is 14.6 Å². The first-order valence-corrected chi connectivity index (χ1v) is 12.3. The second-order valence-electron chi connectivity index (χ2n) is 9.14. The van der Waals surface area contributed by atoms with Gasteiger partial charge in [0.1, 0.15) is 5.75 Å². The van der Waals surface area contributed by atoms with Crippen molar-refractivity contribution in [2.45, 2.75) is 58.4 Å². The topological polar surface area (TPSA) is 108 Å². The fraction of sp³-hybridized carbons (Fsp3) is 0.640. The van der Waals surface area contributed by atoms with Gasteiger partial charge in [0.15, 0.2) is 6.61 Å². The second-order valence-corrected chi connectivity index (χ2v) is 9.14. The van der Waals surface area contributed by atoms with Crippen LogP contribution in [0.3, 0.4) is 0 Å². The zero-order valence-electron chi connectivity index (χ0n) is 20.3. The Morgan fingerprint density at radius 1 is 1.09 bits per heavy atom. The molecule has 0 atom stereocenters. The highest BCUT2D eigenvalue weighted by Crippen LogP contribution is 2.27. The van der Waals surface area contributed by atoms with Crippen LogP contribution < -0.4 is 10.1 Å². The average Bonchev–Trinajstić information content (AvgIpc) is 2.84. The number of nitrogens with zero attached hydrogens (tertiary/aromatic N) is 2. The van der Waals surface area contributed by atoms with Gasteiger partial charge < -0.3 is 29.7 Å². The Balaban J connectivity index is 1.40. The molecule has 0 aliphatic carbocycles. The number of aliphatic carboxylic acids is 1. The van der Waals surface area contributed by atoms with Crippen molar-refractivity contribution in [2.75, 3.05) is 44.7 Å². The van der Waals surface area contributed by atoms with Gasteiger partial charge in [-0.15, -0.1) is 0 Å². The van der Waals surface area contributed by atoms with E-state index in [2.05, 4.69) is 17.1 Å². The number of piperidine rings is 2. The van der Waals surface area contributed by atoms with Crippen LogP contribution in [0.15, 0.2) is 18.2 Å². The first-order chi connectivity index (χ1) is 16.4. The van der Waals surface area contributed by atoms with E-state index in [1.54, 1.807) is 18.2 Å². The van der Waals surface area contributed by atoms with Gasteiger partial charge in [-0.25, -0.2) is 9.59 Å². The van der Waals surface area contributed by atoms with Crippen LogP contribution in [0.1, 0.15) is 51.0 Å². The molecule has 0 spiro atoms. The van der Waals surface area contributed by atoms with Gasteiger partial charge in [0, 0.05) is 30.7 Å². The number of hydrogen-bond donors (Lipinski definition) is 2. The molecule has 0 bridgehead atoms. The number of likely N-dealkylation sites (tertiary alicyclic amines) is 2. The third-order valence-corrected chi connectivity index (χ3v) is 6.68. The summed E-state index contributed by atoms with van der Waals surface area (Å²) in [7, 11) is 0. The van der Waals surface area contributed by atoms with E-state index in [0.29, 0.717) is 24.1 Å². The van der Waals surface area contributed by atoms with Crippen LogP contribution >= 0.6 is 0 Å². The fourth-order valence-electron chi connectivity index (χ4n) is 4.58. The largest absolute Gasteiger partial charge is 0.482 e. The highest BCUT2D eigenvalue weighted by Gasteiger charge is 2.32. The number of amides is 2. The van der Waals surface area contributed by atoms with Gasteiger partial charge in [0.25, 0.3) is 0 Å². The smallest absolute Gasteiger partial charge is 0.409 e. The van der Waals surface area contributed by atoms with Crippen LogP contribution in [-0.2, 0) is 14.3 Å². The SMILES string of the molecule is CCCCOC(=O)N1CCC(N2CCC(C(=O)Nc3ccc(OCC(=O)O)cc3C)CC2)CC1. The summed E-state index contributed by atoms with van der Waals surface area (Å²) in [5.74, 6) is -0.581. The van der Waals surface area contributed by atoms with E-state index in [9.17, 15) is 14.4 Å². The molecular weight excluding hydrogens is 438 g/mol. The fourth-order valence-corrected chi connectivity index (χ4v) is 4.58. The number of aryl methyl sites for hydroxylation is 1. The average molecular weight is 476 g/mol. The van der Waals surface area contributed by atoms with Crippen LogP contribution in [0.25, 0.3) is 0 Å². The van der Waals surface area contributed by atoms with Crippen molar-refractivity contribution in [3.63, 3.8) is 0 Å². The molecule has 188 valence electrons. The van der Waals surface area contributed by atoms with Gasteiger partial charge in [0.2, 0.25) is 5.91 Å². The number of ether oxygens (including phenoxy) is 2. The predicted molar refractivity (Wildman–Crippen MR) is 128 cm³/mol. The molecule has 34 heavy (non-hydrogen) atoms. The zero-order chi connectivity index (χ0) is 24.5. The molecule has 2 fully saturated rings. The number of carboxylic acids is 1. The van der Waals surface area contributed by atoms with Gasteiger partial charge in [-0.05, 0) is 75.9 Å². The molecule has 2 heterocycles. The number of rotatable bonds is 9. The summed E-state index contributed by atoms with van der Waals surface area (Å²) in [5, 5.41) is 11.7. The number of nitrogens with one attached hydrogen (secondary N) is 1. The van der Waals surface area contributed by atoms with E-state index in [0.717, 1.165) is 70.3 Å². The van der Waals surface area contributed by atoms with E-state index < -0.39 is 12.6 Å². The maximum atomic E-state index is 12.8. The van der Waals surface area contributed by atoms with E-state index in [1.807, 2.05) is 11.8 Å². The van der Waals surface area contributed by atoms with Crippen molar-refractivity contribution in [1.82, 2.24) is 9.80 Å². The molecule has 3 rings (SSSR count). The van der Waals surface area contributed by atoms with Crippen molar-refractivity contribution >= 4 is 23.7 Å². The Hall–Kier alpha value is -2.81. The molecule has 0 aromatic heterocycles. The molecular formula is C25H37N3O6. The minimum Gasteiger partial charge on any atom is -0.482 e. The number of anilines is 1. The number of carbonyl (C=O) groups is 3. The molecule has 2 aliphatic rings. The lowest BCUT2D eigenvalue weighted by atomic mass is 9.92. The van der Waals surface area contributed by atoms with Gasteiger partial charge in [-0.1, -0.05) is 13.3 Å². The molecule has 2 N–H and O–H groups in total. The van der Waals surface area contributed by atoms with Crippen molar-refractivity contribution < 1.29 is 29.0 Å². The highest BCUT2D eigenvalue weighted by atomic mass is 16.6. The van der Waals surface area contributed by atoms with Gasteiger partial charge >= 0.3 is 12.1 Å². The molecule has 2 aliphatic heterocycles. The van der Waals surface area contributed by atoms with Crippen molar-refractivity contribution in [3.05, 3.63) is 23.8 Å². The molecule has 2 amide bonds. The van der Waals surface area contributed by atoms with Crippen LogP contribution in [0.4, 0.5) is 10.5 Å². The van der Waals surface area contributed by atoms with Gasteiger partial charge in [-0.2, -0.15) is 0 Å². The number of carbonyl (C=O) groups excluding carboxylic acids is 2. The summed E-state index contributed by atoms with van der Waals surface area (Å²) in [6, 6.07) is 5.60. The summed E-state index contributed by atoms with van der Waals surface area (Å²) < 4.78 is 10.5. The number of hydrogen-bond acceptors (Lipinski definition) is 6. The Bertz CT molecular complexity index is 845. The molecule has 0 unspecified atom stereocenters. The molecule has 9 nitrogen and oxygen atoms in total. The minimum atomic E-state index is -1.03. The first kappa shape index (κ1) is 25.8. The summed E-state index contributed by atoms with van der Waals surface area (Å²) in [5.41, 5.74) is 1.54. The van der Waals surface area contributed by atoms with Crippen LogP contribution in [0.2, 0.25) is 0 Å². The molecule has 2 saturated heterocycles. The molecule has 9 heteroatoms. The maximum Gasteiger partial charge on any atom is 0.409 e. The third kappa shape index (κ3) is 7.35. The Labute approximate surface area is 201 Å². The van der Waals surface area contributed by atoms with Crippen molar-refractivity contribution in [1.29, 1.82) is 0 Å². The standard InChI is InChI=1S/C25H37N3O6/c1-3-4-15-33-25(32)28-13-9-20(10-14-28)27-11-7-19(8-12-27)24(31)26-22-6-5-21(16-18(22)2)34-17-23(29)30/h5-6,16,19-20H,3-4,7-15,17H2,1-2H3,(H,26,31)(H,29,30). The predicted octanol–water partition coefficient (Wildman–Crippen LogP) is 3.51. The number of benzene rings is 1. The lowest BCUT2D eigenvalue weighted by molar-refractivity contribution is -0.139. The maximum absolute atomic E-state index is 12.8. The summed E-state index contributed by atoms with van der Waals surface area (Å²) in [6.07, 6.45) is 5.22. The third-order valence-electron chi connectivity index (χ3n) is 6.68. The lowest BCUT2D eigenvalue weighted by Gasteiger charge is -2.41. The first-order valence-electron chi connectivity index (χ1n) is 12.3. The van der Waals surface area contributed by atoms with Crippen molar-refractivity contribution in [2.24, 2.45) is 5.92 Å². The highest BCUT2D eigenvalue weighted by molar-refractivity contribution is 5.93. The quantitative estimate of drug-likeness (QED) is 0.526. The van der Waals surface area contributed by atoms with Crippen LogP contribution in [0, 0.1) is 12.8 Å². The van der Waals surface area contributed by atoms with Crippen LogP contribution in [-0.4, -0.2) is 78.3 Å². The molecule has 1 aromatic rings. The summed E-state index contributed by atoms with van der Waals surface area (Å²) in [4.78, 5) is 39.9. The monoisotopic (exact) mass is 475 g/mol. The second kappa shape index (κ2) is 12.6. The molecule has 0 saturated carbocycles. The van der Waals surface area contributed by atoms with E-state index in [1.165, 1.54) is 0 Å². The van der Waals surface area contributed by atoms with Gasteiger partial charge in [-0.3, -0.25) is 4.79 Å². The van der Waals surface area contributed by atoms with E-state index in [-0.39, 0.29) is 17.9 Å². The lowest BCUT2D eigenvalue weighted by Crippen LogP contribution is -2.49. The number of carboxylic acid groups (broad SMARTS) is 1. The van der Waals surface area contributed by atoms with Crippen molar-refractivity contribution in [3.8, 4) is 5.75 Å². The Kier molecular flexibility index (Phi) is 9.56. The normalized spacial score (nSPS) is 17.9. The van der Waals surface area contributed by atoms with Crippen LogP contribution in [0.5, 0.6) is 5.75 Å². The number of unbranched alkanes of at least 4 members (excludes halogenated alkanes) is 1. The summed E-state index contributed by atoms with van der Waals surface area (Å²) >= 11 is 0.